The van der Waals surface area contributed by atoms with Crippen LogP contribution in [-0.2, 0) is 6.42 Å². The fraction of sp³-hybridized carbons (Fsp3) is 0.214. The summed E-state index contributed by atoms with van der Waals surface area (Å²) >= 11 is 0. The number of hydrogen-bond acceptors (Lipinski definition) is 3. The molecule has 0 atom stereocenters. The summed E-state index contributed by atoms with van der Waals surface area (Å²) in [7, 11) is 0. The van der Waals surface area contributed by atoms with Gasteiger partial charge in [-0.15, -0.1) is 0 Å². The number of carbonyl (C=O) groups is 1. The molecule has 0 aliphatic heterocycles. The first-order chi connectivity index (χ1) is 8.66. The summed E-state index contributed by atoms with van der Waals surface area (Å²) in [6.07, 6.45) is 5.80. The SMILES string of the molecule is Cc1cc(C(=O)CCc2cncnc2)ccc1F. The van der Waals surface area contributed by atoms with Crippen LogP contribution < -0.4 is 0 Å². The average Bonchev–Trinajstić information content (AvgIpc) is 2.40. The molecule has 0 N–H and O–H groups in total. The van der Waals surface area contributed by atoms with Crippen molar-refractivity contribution in [2.75, 3.05) is 0 Å². The number of aromatic nitrogens is 2. The topological polar surface area (TPSA) is 42.9 Å². The minimum Gasteiger partial charge on any atom is -0.294 e. The molecule has 2 aromatic rings. The maximum Gasteiger partial charge on any atom is 0.163 e. The van der Waals surface area contributed by atoms with Crippen LogP contribution in [0.15, 0.2) is 36.9 Å². The molecule has 0 saturated heterocycles. The number of ketones is 1. The fourth-order valence-electron chi connectivity index (χ4n) is 1.68. The van der Waals surface area contributed by atoms with Gasteiger partial charge >= 0.3 is 0 Å². The Balaban J connectivity index is 2.02. The van der Waals surface area contributed by atoms with Gasteiger partial charge in [0.1, 0.15) is 12.1 Å². The number of halogens is 1. The van der Waals surface area contributed by atoms with Gasteiger partial charge in [0.15, 0.2) is 5.78 Å². The monoisotopic (exact) mass is 244 g/mol. The molecule has 0 radical (unpaired) electrons. The first kappa shape index (κ1) is 12.4. The van der Waals surface area contributed by atoms with Crippen LogP contribution in [0, 0.1) is 12.7 Å². The Kier molecular flexibility index (Phi) is 3.77. The quantitative estimate of drug-likeness (QED) is 0.777. The average molecular weight is 244 g/mol. The van der Waals surface area contributed by atoms with E-state index in [9.17, 15) is 9.18 Å². The second-order valence-electron chi connectivity index (χ2n) is 4.13. The van der Waals surface area contributed by atoms with Gasteiger partial charge in [-0.2, -0.15) is 0 Å². The molecular formula is C14H13FN2O. The molecule has 0 unspecified atom stereocenters. The summed E-state index contributed by atoms with van der Waals surface area (Å²) in [6.45, 7) is 1.65. The van der Waals surface area contributed by atoms with Gasteiger partial charge in [0.2, 0.25) is 0 Å². The van der Waals surface area contributed by atoms with Gasteiger partial charge in [0.25, 0.3) is 0 Å². The van der Waals surface area contributed by atoms with Crippen LogP contribution >= 0.6 is 0 Å². The van der Waals surface area contributed by atoms with Gasteiger partial charge in [0, 0.05) is 24.4 Å². The molecule has 92 valence electrons. The summed E-state index contributed by atoms with van der Waals surface area (Å²) < 4.78 is 13.1. The highest BCUT2D eigenvalue weighted by molar-refractivity contribution is 5.96. The van der Waals surface area contributed by atoms with Gasteiger partial charge in [-0.05, 0) is 42.7 Å². The van der Waals surface area contributed by atoms with E-state index < -0.39 is 0 Å². The number of hydrogen-bond donors (Lipinski definition) is 0. The lowest BCUT2D eigenvalue weighted by atomic mass is 10.0. The standard InChI is InChI=1S/C14H13FN2O/c1-10-6-12(3-4-13(10)15)14(18)5-2-11-7-16-9-17-8-11/h3-4,6-9H,2,5H2,1H3. The van der Waals surface area contributed by atoms with Gasteiger partial charge in [0.05, 0.1) is 0 Å². The highest BCUT2D eigenvalue weighted by Crippen LogP contribution is 2.12. The lowest BCUT2D eigenvalue weighted by molar-refractivity contribution is 0.0982. The summed E-state index contributed by atoms with van der Waals surface area (Å²) in [5, 5.41) is 0. The van der Waals surface area contributed by atoms with Gasteiger partial charge < -0.3 is 0 Å². The van der Waals surface area contributed by atoms with Crippen molar-refractivity contribution in [3.8, 4) is 0 Å². The van der Waals surface area contributed by atoms with Crippen molar-refractivity contribution >= 4 is 5.78 Å². The van der Waals surface area contributed by atoms with E-state index in [1.807, 2.05) is 0 Å². The Morgan fingerprint density at radius 2 is 2.00 bits per heavy atom. The van der Waals surface area contributed by atoms with E-state index in [-0.39, 0.29) is 11.6 Å². The number of carbonyl (C=O) groups excluding carboxylic acids is 1. The summed E-state index contributed by atoms with van der Waals surface area (Å²) in [4.78, 5) is 19.7. The lowest BCUT2D eigenvalue weighted by Gasteiger charge is -2.03. The second kappa shape index (κ2) is 5.49. The Labute approximate surface area is 105 Å². The number of aryl methyl sites for hydroxylation is 2. The molecular weight excluding hydrogens is 231 g/mol. The summed E-state index contributed by atoms with van der Waals surface area (Å²) in [6, 6.07) is 4.43. The van der Waals surface area contributed by atoms with Crippen LogP contribution in [0.1, 0.15) is 27.9 Å². The second-order valence-corrected chi connectivity index (χ2v) is 4.13. The van der Waals surface area contributed by atoms with Crippen molar-refractivity contribution < 1.29 is 9.18 Å². The third-order valence-corrected chi connectivity index (χ3v) is 2.73. The maximum atomic E-state index is 13.1. The van der Waals surface area contributed by atoms with Crippen molar-refractivity contribution in [2.24, 2.45) is 0 Å². The van der Waals surface area contributed by atoms with E-state index in [1.54, 1.807) is 25.4 Å². The lowest BCUT2D eigenvalue weighted by Crippen LogP contribution is -2.02. The van der Waals surface area contributed by atoms with Crippen LogP contribution in [0.25, 0.3) is 0 Å². The predicted octanol–water partition coefficient (Wildman–Crippen LogP) is 2.74. The number of rotatable bonds is 4. The first-order valence-electron chi connectivity index (χ1n) is 5.70. The summed E-state index contributed by atoms with van der Waals surface area (Å²) in [5.41, 5.74) is 1.96. The zero-order chi connectivity index (χ0) is 13.0. The first-order valence-corrected chi connectivity index (χ1v) is 5.70. The third-order valence-electron chi connectivity index (χ3n) is 2.73. The van der Waals surface area contributed by atoms with E-state index in [4.69, 9.17) is 0 Å². The van der Waals surface area contributed by atoms with Crippen LogP contribution in [0.5, 0.6) is 0 Å². The molecule has 0 aliphatic carbocycles. The van der Waals surface area contributed by atoms with Crippen LogP contribution in [0.3, 0.4) is 0 Å². The van der Waals surface area contributed by atoms with Crippen molar-refractivity contribution in [2.45, 2.75) is 19.8 Å². The summed E-state index contributed by atoms with van der Waals surface area (Å²) in [5.74, 6) is -0.287. The van der Waals surface area contributed by atoms with Crippen LogP contribution in [0.4, 0.5) is 4.39 Å². The van der Waals surface area contributed by atoms with Crippen LogP contribution in [-0.4, -0.2) is 15.8 Å². The zero-order valence-electron chi connectivity index (χ0n) is 10.1. The van der Waals surface area contributed by atoms with Crippen molar-refractivity contribution in [1.82, 2.24) is 9.97 Å². The number of Topliss-reactive ketones (excluding diaryl/α,β-unsaturated/α-hetero) is 1. The van der Waals surface area contributed by atoms with E-state index in [0.29, 0.717) is 24.0 Å². The van der Waals surface area contributed by atoms with E-state index in [1.165, 1.54) is 18.5 Å². The molecule has 0 saturated carbocycles. The highest BCUT2D eigenvalue weighted by Gasteiger charge is 2.08. The molecule has 1 heterocycles. The van der Waals surface area contributed by atoms with Crippen LogP contribution in [0.2, 0.25) is 0 Å². The highest BCUT2D eigenvalue weighted by atomic mass is 19.1. The molecule has 0 aliphatic rings. The van der Waals surface area contributed by atoms with Crippen molar-refractivity contribution in [3.63, 3.8) is 0 Å². The molecule has 3 nitrogen and oxygen atoms in total. The predicted molar refractivity (Wildman–Crippen MR) is 65.8 cm³/mol. The van der Waals surface area contributed by atoms with Crippen molar-refractivity contribution in [1.29, 1.82) is 0 Å². The Morgan fingerprint density at radius 1 is 1.28 bits per heavy atom. The van der Waals surface area contributed by atoms with E-state index >= 15 is 0 Å². The van der Waals surface area contributed by atoms with Gasteiger partial charge in [-0.25, -0.2) is 14.4 Å². The fourth-order valence-corrected chi connectivity index (χ4v) is 1.68. The molecule has 4 heteroatoms. The van der Waals surface area contributed by atoms with Gasteiger partial charge in [-0.3, -0.25) is 4.79 Å². The van der Waals surface area contributed by atoms with Crippen molar-refractivity contribution in [3.05, 3.63) is 59.4 Å². The normalized spacial score (nSPS) is 10.3. The third kappa shape index (κ3) is 2.97. The zero-order valence-corrected chi connectivity index (χ0v) is 10.1. The molecule has 18 heavy (non-hydrogen) atoms. The molecule has 1 aromatic heterocycles. The number of benzene rings is 1. The Morgan fingerprint density at radius 3 is 2.67 bits per heavy atom. The number of nitrogens with zero attached hydrogens (tertiary/aromatic N) is 2. The Hall–Kier alpha value is -2.10. The molecule has 1 aromatic carbocycles. The minimum absolute atomic E-state index is 0.00181. The van der Waals surface area contributed by atoms with Gasteiger partial charge in [-0.1, -0.05) is 0 Å². The molecule has 0 bridgehead atoms. The molecule has 0 amide bonds. The Bertz CT molecular complexity index is 555. The van der Waals surface area contributed by atoms with E-state index in [0.717, 1.165) is 5.56 Å². The smallest absolute Gasteiger partial charge is 0.163 e. The van der Waals surface area contributed by atoms with E-state index in [2.05, 4.69) is 9.97 Å². The minimum atomic E-state index is -0.289. The maximum absolute atomic E-state index is 13.1. The molecule has 0 fully saturated rings. The largest absolute Gasteiger partial charge is 0.294 e. The molecule has 2 rings (SSSR count). The molecule has 0 spiro atoms.